The maximum atomic E-state index is 5.13. The molecule has 6 nitrogen and oxygen atoms in total. The number of hydrogen-bond donors (Lipinski definition) is 2. The topological polar surface area (TPSA) is 58.1 Å². The molecule has 6 heteroatoms. The number of ether oxygens (including phenoxy) is 2. The minimum Gasteiger partial charge on any atom is -0.382 e. The van der Waals surface area contributed by atoms with Crippen LogP contribution in [0.1, 0.15) is 0 Å². The van der Waals surface area contributed by atoms with E-state index in [-0.39, 0.29) is 0 Å². The summed E-state index contributed by atoms with van der Waals surface area (Å²) in [6.07, 6.45) is 2.49. The molecular weight excluding hydrogens is 148 g/mol. The molecule has 1 aliphatic heterocycles. The number of nitrogens with zero attached hydrogens (tertiary/aromatic N) is 2. The molecule has 1 aliphatic rings. The molecule has 1 radical (unpaired) electrons. The van der Waals surface area contributed by atoms with Gasteiger partial charge in [0, 0.05) is 7.11 Å². The third-order valence-corrected chi connectivity index (χ3v) is 1.06. The highest BCUT2D eigenvalue weighted by molar-refractivity contribution is 5.54. The smallest absolute Gasteiger partial charge is 0.209 e. The lowest BCUT2D eigenvalue weighted by molar-refractivity contribution is -0.0258. The van der Waals surface area contributed by atoms with Crippen LogP contribution in [0, 0.1) is 0 Å². The van der Waals surface area contributed by atoms with E-state index in [1.54, 1.807) is 12.2 Å². The Balaban J connectivity index is 1.87. The number of hydrazine groups is 2. The van der Waals surface area contributed by atoms with Crippen molar-refractivity contribution in [2.45, 2.75) is 0 Å². The average Bonchev–Trinajstić information content (AvgIpc) is 2.50. The summed E-state index contributed by atoms with van der Waals surface area (Å²) in [4.78, 5) is 0. The Morgan fingerprint density at radius 3 is 3.09 bits per heavy atom. The Morgan fingerprint density at radius 1 is 1.55 bits per heavy atom. The Morgan fingerprint density at radius 2 is 2.45 bits per heavy atom. The minimum atomic E-state index is 0.403. The average molecular weight is 159 g/mol. The molecule has 63 valence electrons. The molecule has 0 fully saturated rings. The molecule has 0 amide bonds. The number of rotatable bonds is 5. The van der Waals surface area contributed by atoms with Gasteiger partial charge in [0.15, 0.2) is 0 Å². The number of methoxy groups -OCH3 is 1. The van der Waals surface area contributed by atoms with Gasteiger partial charge < -0.3 is 9.47 Å². The van der Waals surface area contributed by atoms with Gasteiger partial charge in [-0.1, -0.05) is 5.12 Å². The highest BCUT2D eigenvalue weighted by Gasteiger charge is 2.04. The van der Waals surface area contributed by atoms with Gasteiger partial charge in [0.25, 0.3) is 0 Å². The Labute approximate surface area is 65.1 Å². The van der Waals surface area contributed by atoms with E-state index in [0.717, 1.165) is 0 Å². The molecule has 0 aromatic carbocycles. The van der Waals surface area contributed by atoms with Crippen molar-refractivity contribution in [2.75, 3.05) is 27.1 Å². The van der Waals surface area contributed by atoms with Crippen LogP contribution in [0.15, 0.2) is 5.10 Å². The molecule has 0 saturated heterocycles. The van der Waals surface area contributed by atoms with E-state index in [2.05, 4.69) is 22.4 Å². The van der Waals surface area contributed by atoms with Crippen LogP contribution in [0.3, 0.4) is 0 Å². The standard InChI is InChI=1S/C5H11N4O2/c1-10-2-3-11-5-9-7-4-6-8-9/h8H,2-3,5H2,1H3,(H,6,7). The lowest BCUT2D eigenvalue weighted by Gasteiger charge is -2.13. The van der Waals surface area contributed by atoms with Gasteiger partial charge in [0.05, 0.1) is 13.2 Å². The molecule has 11 heavy (non-hydrogen) atoms. The zero-order valence-corrected chi connectivity index (χ0v) is 6.33. The normalized spacial score (nSPS) is 16.5. The van der Waals surface area contributed by atoms with Crippen LogP contribution in [-0.2, 0) is 9.47 Å². The summed E-state index contributed by atoms with van der Waals surface area (Å²) >= 11 is 0. The van der Waals surface area contributed by atoms with Crippen molar-refractivity contribution >= 4 is 6.34 Å². The molecular formula is C5H11N4O2. The predicted molar refractivity (Wildman–Crippen MR) is 38.2 cm³/mol. The van der Waals surface area contributed by atoms with Gasteiger partial charge in [-0.15, -0.1) is 5.10 Å². The summed E-state index contributed by atoms with van der Waals surface area (Å²) < 4.78 is 9.92. The van der Waals surface area contributed by atoms with E-state index in [0.29, 0.717) is 19.9 Å². The van der Waals surface area contributed by atoms with E-state index in [1.165, 1.54) is 0 Å². The number of hydrazone groups is 1. The first-order valence-electron chi connectivity index (χ1n) is 3.23. The lowest BCUT2D eigenvalue weighted by atomic mass is 10.8. The van der Waals surface area contributed by atoms with Gasteiger partial charge in [0.1, 0.15) is 6.73 Å². The molecule has 0 aromatic rings. The van der Waals surface area contributed by atoms with E-state index in [1.807, 2.05) is 0 Å². The van der Waals surface area contributed by atoms with Gasteiger partial charge in [-0.2, -0.15) is 0 Å². The van der Waals surface area contributed by atoms with Crippen LogP contribution >= 0.6 is 0 Å². The quantitative estimate of drug-likeness (QED) is 0.491. The van der Waals surface area contributed by atoms with E-state index < -0.39 is 0 Å². The fraction of sp³-hybridized carbons (Fsp3) is 0.800. The van der Waals surface area contributed by atoms with Crippen molar-refractivity contribution in [1.29, 1.82) is 0 Å². The van der Waals surface area contributed by atoms with Crippen molar-refractivity contribution in [1.82, 2.24) is 16.1 Å². The monoisotopic (exact) mass is 159 g/mol. The van der Waals surface area contributed by atoms with Crippen LogP contribution < -0.4 is 11.0 Å². The fourth-order valence-electron chi connectivity index (χ4n) is 0.555. The van der Waals surface area contributed by atoms with Gasteiger partial charge in [-0.3, -0.25) is 5.43 Å². The highest BCUT2D eigenvalue weighted by Crippen LogP contribution is 1.82. The van der Waals surface area contributed by atoms with Crippen LogP contribution in [-0.4, -0.2) is 38.5 Å². The predicted octanol–water partition coefficient (Wildman–Crippen LogP) is -1.25. The lowest BCUT2D eigenvalue weighted by Crippen LogP contribution is -2.40. The maximum Gasteiger partial charge on any atom is 0.209 e. The van der Waals surface area contributed by atoms with Crippen molar-refractivity contribution in [2.24, 2.45) is 5.10 Å². The summed E-state index contributed by atoms with van der Waals surface area (Å²) in [5.74, 6) is 0. The summed E-state index contributed by atoms with van der Waals surface area (Å²) in [5.41, 5.74) is 5.28. The van der Waals surface area contributed by atoms with Crippen LogP contribution in [0.4, 0.5) is 0 Å². The molecule has 2 N–H and O–H groups in total. The highest BCUT2D eigenvalue weighted by atomic mass is 16.5. The summed E-state index contributed by atoms with van der Waals surface area (Å²) in [5, 5.41) is 5.12. The van der Waals surface area contributed by atoms with Crippen LogP contribution in [0.5, 0.6) is 0 Å². The summed E-state index contributed by atoms with van der Waals surface area (Å²) in [7, 11) is 1.63. The Kier molecular flexibility index (Phi) is 3.67. The van der Waals surface area contributed by atoms with Crippen molar-refractivity contribution < 1.29 is 9.47 Å². The largest absolute Gasteiger partial charge is 0.382 e. The molecule has 0 aliphatic carbocycles. The molecule has 1 heterocycles. The minimum absolute atomic E-state index is 0.403. The van der Waals surface area contributed by atoms with Crippen molar-refractivity contribution in [3.05, 3.63) is 0 Å². The second kappa shape index (κ2) is 4.89. The second-order valence-electron chi connectivity index (χ2n) is 1.89. The molecule has 1 rings (SSSR count). The molecule has 0 aromatic heterocycles. The first kappa shape index (κ1) is 8.25. The SMILES string of the molecule is COCCOCN1N[C]=NN1. The number of nitrogens with one attached hydrogen (secondary N) is 2. The fourth-order valence-corrected chi connectivity index (χ4v) is 0.555. The van der Waals surface area contributed by atoms with Crippen LogP contribution in [0.2, 0.25) is 0 Å². The molecule has 0 unspecified atom stereocenters. The zero-order valence-electron chi connectivity index (χ0n) is 6.33. The Hall–Kier alpha value is -0.850. The van der Waals surface area contributed by atoms with E-state index >= 15 is 0 Å². The summed E-state index contributed by atoms with van der Waals surface area (Å²) in [6.45, 7) is 1.56. The Bertz CT molecular complexity index is 122. The van der Waals surface area contributed by atoms with E-state index in [9.17, 15) is 0 Å². The molecule has 0 bridgehead atoms. The number of hydrogen-bond acceptors (Lipinski definition) is 6. The van der Waals surface area contributed by atoms with E-state index in [4.69, 9.17) is 9.47 Å². The van der Waals surface area contributed by atoms with Gasteiger partial charge >= 0.3 is 0 Å². The van der Waals surface area contributed by atoms with Gasteiger partial charge in [0.2, 0.25) is 6.34 Å². The maximum absolute atomic E-state index is 5.13. The van der Waals surface area contributed by atoms with Gasteiger partial charge in [-0.05, 0) is 0 Å². The third kappa shape index (κ3) is 3.17. The molecule has 0 saturated carbocycles. The zero-order chi connectivity index (χ0) is 7.94. The molecule has 0 spiro atoms. The summed E-state index contributed by atoms with van der Waals surface area (Å²) in [6, 6.07) is 0. The first-order chi connectivity index (χ1) is 5.43. The first-order valence-corrected chi connectivity index (χ1v) is 3.23. The third-order valence-electron chi connectivity index (χ3n) is 1.06. The molecule has 0 atom stereocenters. The van der Waals surface area contributed by atoms with Crippen molar-refractivity contribution in [3.8, 4) is 0 Å². The van der Waals surface area contributed by atoms with Crippen molar-refractivity contribution in [3.63, 3.8) is 0 Å². The second-order valence-corrected chi connectivity index (χ2v) is 1.89. The van der Waals surface area contributed by atoms with Crippen LogP contribution in [0.25, 0.3) is 0 Å². The van der Waals surface area contributed by atoms with Gasteiger partial charge in [-0.25, -0.2) is 5.53 Å².